The Bertz CT molecular complexity index is 1470. The van der Waals surface area contributed by atoms with Crippen molar-refractivity contribution >= 4 is 51.5 Å². The summed E-state index contributed by atoms with van der Waals surface area (Å²) in [5.74, 6) is -1.64. The number of alkyl halides is 3. The van der Waals surface area contributed by atoms with E-state index >= 15 is 0 Å². The number of rotatable bonds is 4. The van der Waals surface area contributed by atoms with E-state index in [0.717, 1.165) is 0 Å². The van der Waals surface area contributed by atoms with Crippen molar-refractivity contribution in [3.05, 3.63) is 81.7 Å². The number of carbonyl (C=O) groups excluding carboxylic acids is 2. The highest BCUT2D eigenvalue weighted by atomic mass is 35.5. The van der Waals surface area contributed by atoms with E-state index in [1.807, 2.05) is 0 Å². The summed E-state index contributed by atoms with van der Waals surface area (Å²) < 4.78 is 41.1. The molecule has 0 radical (unpaired) electrons. The fourth-order valence-corrected chi connectivity index (χ4v) is 3.91. The number of anilines is 1. The molecule has 0 fully saturated rings. The van der Waals surface area contributed by atoms with Crippen LogP contribution >= 0.6 is 23.2 Å². The van der Waals surface area contributed by atoms with Gasteiger partial charge in [-0.25, -0.2) is 9.67 Å². The van der Waals surface area contributed by atoms with Crippen molar-refractivity contribution < 1.29 is 22.8 Å². The summed E-state index contributed by atoms with van der Waals surface area (Å²) in [5.41, 5.74) is -1.82. The van der Waals surface area contributed by atoms with Crippen LogP contribution in [0, 0.1) is 0 Å². The van der Waals surface area contributed by atoms with Crippen molar-refractivity contribution in [2.75, 3.05) is 19.4 Å². The lowest BCUT2D eigenvalue weighted by Gasteiger charge is -2.18. The standard InChI is InChI=1S/C23H16Cl2F3N5O2/c1-32(2)22(35)14-10-12-6-3-4-7-13(12)18(25)19(14)30-21(34)16-11-17(23(26,27)28)31-33(16)20-15(24)8-5-9-29-20/h3-11H,1-2H3,(H,30,34). The third kappa shape index (κ3) is 4.67. The number of carbonyl (C=O) groups is 2. The zero-order chi connectivity index (χ0) is 25.5. The maximum Gasteiger partial charge on any atom is 0.435 e. The number of nitrogens with one attached hydrogen (secondary N) is 1. The molecule has 0 aliphatic heterocycles. The zero-order valence-electron chi connectivity index (χ0n) is 18.2. The number of nitrogens with zero attached hydrogens (tertiary/aromatic N) is 4. The number of hydrogen-bond donors (Lipinski definition) is 1. The number of halogens is 5. The molecule has 0 atom stereocenters. The molecule has 0 aliphatic rings. The molecule has 2 aromatic carbocycles. The van der Waals surface area contributed by atoms with Gasteiger partial charge < -0.3 is 10.2 Å². The number of benzene rings is 2. The predicted molar refractivity (Wildman–Crippen MR) is 126 cm³/mol. The van der Waals surface area contributed by atoms with Crippen LogP contribution in [-0.2, 0) is 6.18 Å². The molecular formula is C23H16Cl2F3N5O2. The number of amides is 2. The monoisotopic (exact) mass is 521 g/mol. The largest absolute Gasteiger partial charge is 0.435 e. The topological polar surface area (TPSA) is 80.1 Å². The fraction of sp³-hybridized carbons (Fsp3) is 0.130. The van der Waals surface area contributed by atoms with Crippen LogP contribution in [0.2, 0.25) is 10.0 Å². The zero-order valence-corrected chi connectivity index (χ0v) is 19.7. The highest BCUT2D eigenvalue weighted by molar-refractivity contribution is 6.40. The summed E-state index contributed by atoms with van der Waals surface area (Å²) >= 11 is 12.7. The molecule has 0 bridgehead atoms. The molecule has 7 nitrogen and oxygen atoms in total. The Labute approximate surface area is 207 Å². The quantitative estimate of drug-likeness (QED) is 0.373. The molecule has 4 aromatic rings. The Morgan fingerprint density at radius 1 is 1.06 bits per heavy atom. The Balaban J connectivity index is 1.88. The van der Waals surface area contributed by atoms with Gasteiger partial charge in [0.1, 0.15) is 5.69 Å². The maximum atomic E-state index is 13.5. The second kappa shape index (κ2) is 9.20. The summed E-state index contributed by atoms with van der Waals surface area (Å²) in [4.78, 5) is 31.4. The van der Waals surface area contributed by atoms with E-state index < -0.39 is 29.4 Å². The molecule has 1 N–H and O–H groups in total. The number of hydrogen-bond acceptors (Lipinski definition) is 4. The molecule has 2 amide bonds. The van der Waals surface area contributed by atoms with Crippen molar-refractivity contribution in [3.63, 3.8) is 0 Å². The van der Waals surface area contributed by atoms with Crippen LogP contribution in [0.1, 0.15) is 26.5 Å². The van der Waals surface area contributed by atoms with Crippen molar-refractivity contribution in [1.29, 1.82) is 0 Å². The van der Waals surface area contributed by atoms with Crippen molar-refractivity contribution in [2.24, 2.45) is 0 Å². The first-order chi connectivity index (χ1) is 16.5. The van der Waals surface area contributed by atoms with E-state index in [4.69, 9.17) is 23.2 Å². The van der Waals surface area contributed by atoms with E-state index in [1.165, 1.54) is 37.3 Å². The lowest BCUT2D eigenvalue weighted by Crippen LogP contribution is -2.25. The highest BCUT2D eigenvalue weighted by Crippen LogP contribution is 2.36. The van der Waals surface area contributed by atoms with Crippen LogP contribution in [0.4, 0.5) is 18.9 Å². The normalized spacial score (nSPS) is 11.5. The minimum atomic E-state index is -4.84. The average Bonchev–Trinajstić information content (AvgIpc) is 3.26. The van der Waals surface area contributed by atoms with E-state index in [9.17, 15) is 22.8 Å². The summed E-state index contributed by atoms with van der Waals surface area (Å²) in [6, 6.07) is 11.9. The molecule has 2 heterocycles. The number of pyridine rings is 1. The Hall–Kier alpha value is -3.63. The minimum Gasteiger partial charge on any atom is -0.345 e. The van der Waals surface area contributed by atoms with Crippen molar-refractivity contribution in [2.45, 2.75) is 6.18 Å². The highest BCUT2D eigenvalue weighted by Gasteiger charge is 2.37. The third-order valence-corrected chi connectivity index (χ3v) is 5.72. The Kier molecular flexibility index (Phi) is 6.44. The van der Waals surface area contributed by atoms with Gasteiger partial charge in [-0.2, -0.15) is 18.3 Å². The summed E-state index contributed by atoms with van der Waals surface area (Å²) in [5, 5.41) is 7.22. The van der Waals surface area contributed by atoms with Crippen LogP contribution in [0.3, 0.4) is 0 Å². The van der Waals surface area contributed by atoms with Gasteiger partial charge in [-0.05, 0) is 23.6 Å². The van der Waals surface area contributed by atoms with Crippen LogP contribution in [0.5, 0.6) is 0 Å². The summed E-state index contributed by atoms with van der Waals surface area (Å²) in [7, 11) is 3.04. The molecule has 12 heteroatoms. The molecule has 0 spiro atoms. The van der Waals surface area contributed by atoms with Gasteiger partial charge in [0.15, 0.2) is 11.5 Å². The SMILES string of the molecule is CN(C)C(=O)c1cc2ccccc2c(Cl)c1NC(=O)c1cc(C(F)(F)F)nn1-c1ncccc1Cl. The molecule has 2 aromatic heterocycles. The first-order valence-electron chi connectivity index (χ1n) is 10.0. The van der Waals surface area contributed by atoms with E-state index in [0.29, 0.717) is 21.5 Å². The second-order valence-corrected chi connectivity index (χ2v) is 8.41. The lowest BCUT2D eigenvalue weighted by atomic mass is 10.0. The van der Waals surface area contributed by atoms with Crippen LogP contribution in [-0.4, -0.2) is 45.6 Å². The van der Waals surface area contributed by atoms with Gasteiger partial charge in [0.25, 0.3) is 11.8 Å². The first kappa shape index (κ1) is 24.5. The smallest absolute Gasteiger partial charge is 0.345 e. The van der Waals surface area contributed by atoms with E-state index in [-0.39, 0.29) is 27.1 Å². The second-order valence-electron chi connectivity index (χ2n) is 7.62. The van der Waals surface area contributed by atoms with Gasteiger partial charge in [0, 0.05) is 31.7 Å². The summed E-state index contributed by atoms with van der Waals surface area (Å²) in [6.45, 7) is 0. The van der Waals surface area contributed by atoms with Gasteiger partial charge in [-0.3, -0.25) is 9.59 Å². The van der Waals surface area contributed by atoms with Crippen LogP contribution < -0.4 is 5.32 Å². The average molecular weight is 522 g/mol. The molecular weight excluding hydrogens is 506 g/mol. The lowest BCUT2D eigenvalue weighted by molar-refractivity contribution is -0.141. The molecule has 0 unspecified atom stereocenters. The van der Waals surface area contributed by atoms with E-state index in [1.54, 1.807) is 30.3 Å². The fourth-order valence-electron chi connectivity index (χ4n) is 3.39. The van der Waals surface area contributed by atoms with Gasteiger partial charge in [0.05, 0.1) is 21.3 Å². The maximum absolute atomic E-state index is 13.5. The number of aromatic nitrogens is 3. The van der Waals surface area contributed by atoms with Gasteiger partial charge in [-0.1, -0.05) is 47.5 Å². The molecule has 4 rings (SSSR count). The van der Waals surface area contributed by atoms with Gasteiger partial charge in [-0.15, -0.1) is 0 Å². The molecule has 0 aliphatic carbocycles. The van der Waals surface area contributed by atoms with Crippen LogP contribution in [0.15, 0.2) is 54.7 Å². The predicted octanol–water partition coefficient (Wildman–Crippen LogP) is 5.70. The minimum absolute atomic E-state index is 0.0226. The van der Waals surface area contributed by atoms with Crippen molar-refractivity contribution in [3.8, 4) is 5.82 Å². The molecule has 0 saturated heterocycles. The van der Waals surface area contributed by atoms with Gasteiger partial charge >= 0.3 is 6.18 Å². The van der Waals surface area contributed by atoms with Gasteiger partial charge in [0.2, 0.25) is 0 Å². The Morgan fingerprint density at radius 3 is 2.43 bits per heavy atom. The molecule has 180 valence electrons. The number of fused-ring (bicyclic) bond motifs is 1. The van der Waals surface area contributed by atoms with E-state index in [2.05, 4.69) is 15.4 Å². The molecule has 35 heavy (non-hydrogen) atoms. The third-order valence-electron chi connectivity index (χ3n) is 5.03. The first-order valence-corrected chi connectivity index (χ1v) is 10.8. The van der Waals surface area contributed by atoms with Crippen LogP contribution in [0.25, 0.3) is 16.6 Å². The Morgan fingerprint density at radius 2 is 1.77 bits per heavy atom. The van der Waals surface area contributed by atoms with Crippen molar-refractivity contribution in [1.82, 2.24) is 19.7 Å². The summed E-state index contributed by atoms with van der Waals surface area (Å²) in [6.07, 6.45) is -3.54. The molecule has 0 saturated carbocycles.